The first kappa shape index (κ1) is 15.4. The summed E-state index contributed by atoms with van der Waals surface area (Å²) < 4.78 is 26.6. The van der Waals surface area contributed by atoms with E-state index >= 15 is 0 Å². The highest BCUT2D eigenvalue weighted by Crippen LogP contribution is 2.29. The second-order valence-electron chi connectivity index (χ2n) is 5.64. The highest BCUT2D eigenvalue weighted by atomic mass is 32.2. The molecule has 0 unspecified atom stereocenters. The Morgan fingerprint density at radius 2 is 1.95 bits per heavy atom. The molecular formula is C14H23N3O2S. The summed E-state index contributed by atoms with van der Waals surface area (Å²) in [5.74, 6) is 0.698. The Balaban J connectivity index is 2.16. The highest BCUT2D eigenvalue weighted by molar-refractivity contribution is 7.89. The summed E-state index contributed by atoms with van der Waals surface area (Å²) in [4.78, 5) is 4.04. The van der Waals surface area contributed by atoms with Crippen molar-refractivity contribution in [2.24, 2.45) is 11.7 Å². The van der Waals surface area contributed by atoms with Crippen LogP contribution in [0.3, 0.4) is 0 Å². The smallest absolute Gasteiger partial charge is 0.260 e. The second-order valence-corrected chi connectivity index (χ2v) is 7.59. The number of hydrogen-bond acceptors (Lipinski definition) is 4. The molecule has 0 saturated heterocycles. The van der Waals surface area contributed by atoms with Crippen LogP contribution in [0, 0.1) is 5.92 Å². The molecule has 1 fully saturated rings. The third-order valence-corrected chi connectivity index (χ3v) is 6.00. The van der Waals surface area contributed by atoms with E-state index in [1.165, 1.54) is 10.5 Å². The number of aromatic nitrogens is 1. The van der Waals surface area contributed by atoms with Gasteiger partial charge in [0.25, 0.3) is 10.0 Å². The van der Waals surface area contributed by atoms with E-state index in [2.05, 4.69) is 11.9 Å². The van der Waals surface area contributed by atoms with E-state index in [0.29, 0.717) is 12.5 Å². The van der Waals surface area contributed by atoms with Crippen molar-refractivity contribution in [3.8, 4) is 0 Å². The van der Waals surface area contributed by atoms with Gasteiger partial charge >= 0.3 is 0 Å². The molecule has 1 aromatic heterocycles. The minimum absolute atomic E-state index is 0.0900. The Kier molecular flexibility index (Phi) is 4.78. The molecule has 0 amide bonds. The van der Waals surface area contributed by atoms with Crippen LogP contribution in [0.15, 0.2) is 23.4 Å². The first-order chi connectivity index (χ1) is 9.45. The second kappa shape index (κ2) is 6.20. The van der Waals surface area contributed by atoms with E-state index in [1.807, 2.05) is 0 Å². The molecule has 6 heteroatoms. The van der Waals surface area contributed by atoms with Crippen molar-refractivity contribution in [2.75, 3.05) is 7.05 Å². The zero-order chi connectivity index (χ0) is 14.8. The number of rotatable bonds is 4. The van der Waals surface area contributed by atoms with Crippen molar-refractivity contribution in [2.45, 2.75) is 50.2 Å². The largest absolute Gasteiger partial charge is 0.326 e. The molecule has 1 aliphatic carbocycles. The van der Waals surface area contributed by atoms with Crippen molar-refractivity contribution in [3.05, 3.63) is 23.9 Å². The number of nitrogens with zero attached hydrogens (tertiary/aromatic N) is 2. The summed E-state index contributed by atoms with van der Waals surface area (Å²) in [6.07, 6.45) is 5.56. The average molecular weight is 297 g/mol. The standard InChI is InChI=1S/C14H23N3O2S/c1-11-3-6-13(7-4-11)17(2)20(18,19)14-8-5-12(9-15)10-16-14/h5,8,10-11,13H,3-4,6-7,9,15H2,1-2H3. The lowest BCUT2D eigenvalue weighted by Gasteiger charge is -2.32. The van der Waals surface area contributed by atoms with Gasteiger partial charge in [0.05, 0.1) is 0 Å². The van der Waals surface area contributed by atoms with Crippen molar-refractivity contribution < 1.29 is 8.42 Å². The van der Waals surface area contributed by atoms with Gasteiger partial charge in [-0.15, -0.1) is 0 Å². The topological polar surface area (TPSA) is 76.3 Å². The molecule has 0 aromatic carbocycles. The van der Waals surface area contributed by atoms with E-state index in [9.17, 15) is 8.42 Å². The Morgan fingerprint density at radius 1 is 1.30 bits per heavy atom. The summed E-state index contributed by atoms with van der Waals surface area (Å²) in [7, 11) is -1.84. The van der Waals surface area contributed by atoms with Crippen LogP contribution in [0.5, 0.6) is 0 Å². The lowest BCUT2D eigenvalue weighted by molar-refractivity contribution is 0.245. The minimum Gasteiger partial charge on any atom is -0.326 e. The molecule has 5 nitrogen and oxygen atoms in total. The molecule has 0 spiro atoms. The van der Waals surface area contributed by atoms with Crippen molar-refractivity contribution >= 4 is 10.0 Å². The maximum atomic E-state index is 12.5. The summed E-state index contributed by atoms with van der Waals surface area (Å²) in [5.41, 5.74) is 6.33. The fourth-order valence-electron chi connectivity index (χ4n) is 2.63. The van der Waals surface area contributed by atoms with Crippen LogP contribution in [-0.4, -0.2) is 30.8 Å². The van der Waals surface area contributed by atoms with Gasteiger partial charge in [-0.2, -0.15) is 4.31 Å². The zero-order valence-electron chi connectivity index (χ0n) is 12.1. The van der Waals surface area contributed by atoms with Gasteiger partial charge in [0.15, 0.2) is 5.03 Å². The van der Waals surface area contributed by atoms with Gasteiger partial charge in [0.1, 0.15) is 0 Å². The van der Waals surface area contributed by atoms with E-state index in [4.69, 9.17) is 5.73 Å². The Bertz CT molecular complexity index is 534. The molecule has 20 heavy (non-hydrogen) atoms. The van der Waals surface area contributed by atoms with E-state index < -0.39 is 10.0 Å². The molecule has 2 rings (SSSR count). The normalized spacial score (nSPS) is 24.0. The van der Waals surface area contributed by atoms with Crippen LogP contribution >= 0.6 is 0 Å². The molecular weight excluding hydrogens is 274 g/mol. The average Bonchev–Trinajstić information content (AvgIpc) is 2.47. The third-order valence-electron chi connectivity index (χ3n) is 4.18. The lowest BCUT2D eigenvalue weighted by Crippen LogP contribution is -2.39. The number of nitrogens with two attached hydrogens (primary N) is 1. The Hall–Kier alpha value is -0.980. The van der Waals surface area contributed by atoms with Crippen LogP contribution in [0.4, 0.5) is 0 Å². The molecule has 0 radical (unpaired) electrons. The highest BCUT2D eigenvalue weighted by Gasteiger charge is 2.31. The fraction of sp³-hybridized carbons (Fsp3) is 0.643. The molecule has 1 heterocycles. The number of sulfonamides is 1. The molecule has 1 aromatic rings. The van der Waals surface area contributed by atoms with Crippen LogP contribution in [0.1, 0.15) is 38.2 Å². The number of pyridine rings is 1. The Labute approximate surface area is 121 Å². The monoisotopic (exact) mass is 297 g/mol. The maximum absolute atomic E-state index is 12.5. The molecule has 112 valence electrons. The quantitative estimate of drug-likeness (QED) is 0.918. The molecule has 2 N–H and O–H groups in total. The Morgan fingerprint density at radius 3 is 2.45 bits per heavy atom. The van der Waals surface area contributed by atoms with Crippen LogP contribution in [-0.2, 0) is 16.6 Å². The minimum atomic E-state index is -3.50. The van der Waals surface area contributed by atoms with Crippen molar-refractivity contribution in [1.29, 1.82) is 0 Å². The summed E-state index contributed by atoms with van der Waals surface area (Å²) in [5, 5.41) is 0.107. The predicted octanol–water partition coefficient (Wildman–Crippen LogP) is 1.74. The van der Waals surface area contributed by atoms with Crippen molar-refractivity contribution in [3.63, 3.8) is 0 Å². The molecule has 0 atom stereocenters. The van der Waals surface area contributed by atoms with Gasteiger partial charge in [-0.25, -0.2) is 13.4 Å². The maximum Gasteiger partial charge on any atom is 0.260 e. The molecule has 1 saturated carbocycles. The van der Waals surface area contributed by atoms with Gasteiger partial charge in [-0.1, -0.05) is 13.0 Å². The van der Waals surface area contributed by atoms with Crippen molar-refractivity contribution in [1.82, 2.24) is 9.29 Å². The first-order valence-corrected chi connectivity index (χ1v) is 8.52. The first-order valence-electron chi connectivity index (χ1n) is 7.08. The molecule has 0 bridgehead atoms. The molecule has 1 aliphatic rings. The van der Waals surface area contributed by atoms with Gasteiger partial charge in [-0.3, -0.25) is 0 Å². The van der Waals surface area contributed by atoms with E-state index in [1.54, 1.807) is 19.2 Å². The zero-order valence-corrected chi connectivity index (χ0v) is 12.9. The van der Waals surface area contributed by atoms with Crippen LogP contribution in [0.2, 0.25) is 0 Å². The summed E-state index contributed by atoms with van der Waals surface area (Å²) in [6.45, 7) is 2.58. The molecule has 0 aliphatic heterocycles. The van der Waals surface area contributed by atoms with Crippen LogP contribution in [0.25, 0.3) is 0 Å². The van der Waals surface area contributed by atoms with Gasteiger partial charge in [0, 0.05) is 25.8 Å². The SMILES string of the molecule is CC1CCC(N(C)S(=O)(=O)c2ccc(CN)cn2)CC1. The van der Waals surface area contributed by atoms with E-state index in [-0.39, 0.29) is 11.1 Å². The number of hydrogen-bond donors (Lipinski definition) is 1. The fourth-order valence-corrected chi connectivity index (χ4v) is 3.96. The van der Waals surface area contributed by atoms with Gasteiger partial charge in [-0.05, 0) is 43.2 Å². The van der Waals surface area contributed by atoms with E-state index in [0.717, 1.165) is 31.2 Å². The third kappa shape index (κ3) is 3.19. The van der Waals surface area contributed by atoms with Gasteiger partial charge in [0.2, 0.25) is 0 Å². The summed E-state index contributed by atoms with van der Waals surface area (Å²) in [6, 6.07) is 3.35. The lowest BCUT2D eigenvalue weighted by atomic mass is 9.87. The predicted molar refractivity (Wildman–Crippen MR) is 78.5 cm³/mol. The summed E-state index contributed by atoms with van der Waals surface area (Å²) >= 11 is 0. The van der Waals surface area contributed by atoms with Gasteiger partial charge < -0.3 is 5.73 Å². The van der Waals surface area contributed by atoms with Crippen LogP contribution < -0.4 is 5.73 Å².